The summed E-state index contributed by atoms with van der Waals surface area (Å²) < 4.78 is 10.6. The first-order chi connectivity index (χ1) is 13.1. The minimum absolute atomic E-state index is 0.148. The number of aromatic nitrogens is 1. The highest BCUT2D eigenvalue weighted by atomic mass is 32.2. The zero-order chi connectivity index (χ0) is 19.2. The number of nitrogens with zero attached hydrogens (tertiary/aromatic N) is 2. The summed E-state index contributed by atoms with van der Waals surface area (Å²) in [6.45, 7) is 0. The molecule has 0 bridgehead atoms. The average Bonchev–Trinajstić information content (AvgIpc) is 2.71. The second-order valence-electron chi connectivity index (χ2n) is 5.56. The lowest BCUT2D eigenvalue weighted by molar-refractivity contribution is -0.113. The summed E-state index contributed by atoms with van der Waals surface area (Å²) >= 11 is 1.22. The van der Waals surface area contributed by atoms with E-state index in [1.54, 1.807) is 32.4 Å². The van der Waals surface area contributed by atoms with Gasteiger partial charge in [-0.2, -0.15) is 5.26 Å². The van der Waals surface area contributed by atoms with Gasteiger partial charge in [0.1, 0.15) is 11.1 Å². The van der Waals surface area contributed by atoms with Crippen molar-refractivity contribution < 1.29 is 14.3 Å². The Morgan fingerprint density at radius 2 is 1.85 bits per heavy atom. The van der Waals surface area contributed by atoms with Crippen molar-refractivity contribution in [2.75, 3.05) is 25.3 Å². The first kappa shape index (κ1) is 18.5. The van der Waals surface area contributed by atoms with Gasteiger partial charge in [-0.25, -0.2) is 4.98 Å². The maximum absolute atomic E-state index is 12.2. The van der Waals surface area contributed by atoms with Gasteiger partial charge in [-0.1, -0.05) is 30.0 Å². The number of rotatable bonds is 6. The van der Waals surface area contributed by atoms with E-state index in [1.807, 2.05) is 30.3 Å². The lowest BCUT2D eigenvalue weighted by atomic mass is 10.1. The van der Waals surface area contributed by atoms with Crippen LogP contribution in [0.15, 0.2) is 53.6 Å². The van der Waals surface area contributed by atoms with Crippen molar-refractivity contribution in [1.82, 2.24) is 4.98 Å². The number of carbonyl (C=O) groups excluding carboxylic acids is 1. The highest BCUT2D eigenvalue weighted by Gasteiger charge is 2.13. The van der Waals surface area contributed by atoms with Crippen molar-refractivity contribution in [1.29, 1.82) is 5.26 Å². The third-order valence-electron chi connectivity index (χ3n) is 3.80. The molecular weight excluding hydrogens is 362 g/mol. The predicted molar refractivity (Wildman–Crippen MR) is 105 cm³/mol. The monoisotopic (exact) mass is 379 g/mol. The second kappa shape index (κ2) is 8.43. The zero-order valence-corrected chi connectivity index (χ0v) is 15.7. The number of nitrogens with one attached hydrogen (secondary N) is 1. The maximum atomic E-state index is 12.2. The molecule has 2 aromatic carbocycles. The Bertz CT molecular complexity index is 1020. The summed E-state index contributed by atoms with van der Waals surface area (Å²) in [5.41, 5.74) is 1.80. The molecule has 6 nitrogen and oxygen atoms in total. The summed E-state index contributed by atoms with van der Waals surface area (Å²) in [6.07, 6.45) is 0. The lowest BCUT2D eigenvalue weighted by Crippen LogP contribution is -2.14. The molecule has 0 saturated heterocycles. The Morgan fingerprint density at radius 3 is 2.52 bits per heavy atom. The molecule has 0 spiro atoms. The topological polar surface area (TPSA) is 84.2 Å². The highest BCUT2D eigenvalue weighted by molar-refractivity contribution is 8.00. The number of anilines is 1. The van der Waals surface area contributed by atoms with Crippen LogP contribution >= 0.6 is 11.8 Å². The number of ether oxygens (including phenoxy) is 2. The van der Waals surface area contributed by atoms with Gasteiger partial charge in [-0.3, -0.25) is 4.79 Å². The van der Waals surface area contributed by atoms with Gasteiger partial charge >= 0.3 is 0 Å². The van der Waals surface area contributed by atoms with Crippen molar-refractivity contribution in [3.8, 4) is 17.6 Å². The molecule has 0 atom stereocenters. The maximum Gasteiger partial charge on any atom is 0.234 e. The number of pyridine rings is 1. The second-order valence-corrected chi connectivity index (χ2v) is 6.52. The van der Waals surface area contributed by atoms with Crippen molar-refractivity contribution >= 4 is 34.3 Å². The van der Waals surface area contributed by atoms with Crippen molar-refractivity contribution in [2.24, 2.45) is 0 Å². The van der Waals surface area contributed by atoms with Crippen LogP contribution in [0.25, 0.3) is 10.9 Å². The minimum Gasteiger partial charge on any atom is -0.493 e. The molecule has 0 unspecified atom stereocenters. The van der Waals surface area contributed by atoms with Crippen LogP contribution in [0.3, 0.4) is 0 Å². The van der Waals surface area contributed by atoms with E-state index in [1.165, 1.54) is 11.8 Å². The van der Waals surface area contributed by atoms with Crippen LogP contribution in [0.4, 0.5) is 5.69 Å². The van der Waals surface area contributed by atoms with Gasteiger partial charge < -0.3 is 14.8 Å². The molecule has 0 aliphatic rings. The van der Waals surface area contributed by atoms with Crippen LogP contribution in [0.5, 0.6) is 11.5 Å². The number of nitriles is 1. The molecule has 0 aliphatic heterocycles. The van der Waals surface area contributed by atoms with Crippen LogP contribution < -0.4 is 14.8 Å². The van der Waals surface area contributed by atoms with Gasteiger partial charge in [0.2, 0.25) is 5.91 Å². The summed E-state index contributed by atoms with van der Waals surface area (Å²) in [7, 11) is 3.11. The lowest BCUT2D eigenvalue weighted by Gasteiger charge is -2.11. The predicted octanol–water partition coefficient (Wildman–Crippen LogP) is 3.85. The van der Waals surface area contributed by atoms with E-state index < -0.39 is 0 Å². The number of thioether (sulfide) groups is 1. The summed E-state index contributed by atoms with van der Waals surface area (Å²) in [5, 5.41) is 13.5. The molecule has 1 aromatic heterocycles. The highest BCUT2D eigenvalue weighted by Crippen LogP contribution is 2.33. The standard InChI is InChI=1S/C20H17N3O3S/c1-25-17-9-13-8-14(11-21)20(23-16(13)10-18(17)26-2)27-12-19(24)22-15-6-4-3-5-7-15/h3-10H,12H2,1-2H3,(H,22,24). The number of hydrogen-bond acceptors (Lipinski definition) is 6. The number of carbonyl (C=O) groups is 1. The van der Waals surface area contributed by atoms with Gasteiger partial charge in [-0.05, 0) is 24.3 Å². The molecule has 1 heterocycles. The Balaban J connectivity index is 1.83. The van der Waals surface area contributed by atoms with Crippen molar-refractivity contribution in [2.45, 2.75) is 5.03 Å². The smallest absolute Gasteiger partial charge is 0.234 e. The van der Waals surface area contributed by atoms with Crippen molar-refractivity contribution in [3.63, 3.8) is 0 Å². The van der Waals surface area contributed by atoms with E-state index in [0.29, 0.717) is 27.6 Å². The van der Waals surface area contributed by atoms with E-state index in [4.69, 9.17) is 9.47 Å². The summed E-state index contributed by atoms with van der Waals surface area (Å²) in [4.78, 5) is 16.7. The first-order valence-electron chi connectivity index (χ1n) is 8.09. The number of methoxy groups -OCH3 is 2. The van der Waals surface area contributed by atoms with Crippen LogP contribution in [-0.4, -0.2) is 30.9 Å². The molecule has 0 saturated carbocycles. The molecule has 0 aliphatic carbocycles. The third-order valence-corrected chi connectivity index (χ3v) is 4.79. The summed E-state index contributed by atoms with van der Waals surface area (Å²) in [6, 6.07) is 16.6. The Hall–Kier alpha value is -3.24. The van der Waals surface area contributed by atoms with Crippen LogP contribution in [-0.2, 0) is 4.79 Å². The van der Waals surface area contributed by atoms with E-state index in [-0.39, 0.29) is 11.7 Å². The van der Waals surface area contributed by atoms with Gasteiger partial charge in [0.05, 0.1) is 31.1 Å². The van der Waals surface area contributed by atoms with Gasteiger partial charge in [-0.15, -0.1) is 0 Å². The molecule has 1 amide bonds. The fourth-order valence-electron chi connectivity index (χ4n) is 2.53. The van der Waals surface area contributed by atoms with E-state index >= 15 is 0 Å². The average molecular weight is 379 g/mol. The van der Waals surface area contributed by atoms with E-state index in [0.717, 1.165) is 11.1 Å². The molecular formula is C20H17N3O3S. The van der Waals surface area contributed by atoms with E-state index in [9.17, 15) is 10.1 Å². The van der Waals surface area contributed by atoms with Gasteiger partial charge in [0.15, 0.2) is 11.5 Å². The molecule has 0 fully saturated rings. The van der Waals surface area contributed by atoms with Crippen molar-refractivity contribution in [3.05, 3.63) is 54.1 Å². The molecule has 1 N–H and O–H groups in total. The quantitative estimate of drug-likeness (QED) is 0.655. The molecule has 3 rings (SSSR count). The fourth-order valence-corrected chi connectivity index (χ4v) is 3.29. The SMILES string of the molecule is COc1cc2cc(C#N)c(SCC(=O)Nc3ccccc3)nc2cc1OC. The Morgan fingerprint density at radius 1 is 1.15 bits per heavy atom. The molecule has 7 heteroatoms. The number of benzene rings is 2. The molecule has 136 valence electrons. The van der Waals surface area contributed by atoms with Crippen LogP contribution in [0.1, 0.15) is 5.56 Å². The largest absolute Gasteiger partial charge is 0.493 e. The van der Waals surface area contributed by atoms with E-state index in [2.05, 4.69) is 16.4 Å². The summed E-state index contributed by atoms with van der Waals surface area (Å²) in [5.74, 6) is 1.11. The first-order valence-corrected chi connectivity index (χ1v) is 9.07. The van der Waals surface area contributed by atoms with Crippen LogP contribution in [0, 0.1) is 11.3 Å². The van der Waals surface area contributed by atoms with Gasteiger partial charge in [0.25, 0.3) is 0 Å². The molecule has 27 heavy (non-hydrogen) atoms. The number of fused-ring (bicyclic) bond motifs is 1. The molecule has 0 radical (unpaired) electrons. The molecule has 3 aromatic rings. The Labute approximate surface area is 161 Å². The zero-order valence-electron chi connectivity index (χ0n) is 14.9. The minimum atomic E-state index is -0.163. The number of amides is 1. The van der Waals surface area contributed by atoms with Gasteiger partial charge in [0, 0.05) is 17.1 Å². The third kappa shape index (κ3) is 4.30. The normalized spacial score (nSPS) is 10.3. The van der Waals surface area contributed by atoms with Crippen LogP contribution in [0.2, 0.25) is 0 Å². The number of hydrogen-bond donors (Lipinski definition) is 1. The number of para-hydroxylation sites is 1. The Kier molecular flexibility index (Phi) is 5.79. The fraction of sp³-hybridized carbons (Fsp3) is 0.150.